The number of fused-ring (bicyclic) bond motifs is 1. The quantitative estimate of drug-likeness (QED) is 0.586. The molecule has 1 unspecified atom stereocenters. The van der Waals surface area contributed by atoms with E-state index in [1.54, 1.807) is 26.1 Å². The average molecular weight is 487 g/mol. The molecule has 3 rings (SSSR count). The first kappa shape index (κ1) is 25.9. The molecule has 0 saturated carbocycles. The minimum atomic E-state index is -1.52. The van der Waals surface area contributed by atoms with Gasteiger partial charge in [0.1, 0.15) is 16.7 Å². The molecule has 2 aromatic carbocycles. The third-order valence-electron chi connectivity index (χ3n) is 5.93. The van der Waals surface area contributed by atoms with Gasteiger partial charge in [-0.25, -0.2) is 8.51 Å². The van der Waals surface area contributed by atoms with E-state index in [-0.39, 0.29) is 24.9 Å². The lowest BCUT2D eigenvalue weighted by Gasteiger charge is -2.20. The van der Waals surface area contributed by atoms with E-state index in [4.69, 9.17) is 4.74 Å². The molecule has 1 heterocycles. The van der Waals surface area contributed by atoms with Crippen LogP contribution in [0.5, 0.6) is 5.75 Å². The van der Waals surface area contributed by atoms with E-state index in [9.17, 15) is 13.8 Å². The fourth-order valence-corrected chi connectivity index (χ4v) is 5.38. The molecule has 0 spiro atoms. The second-order valence-corrected chi connectivity index (χ2v) is 10.5. The molecule has 1 aliphatic rings. The van der Waals surface area contributed by atoms with Crippen LogP contribution >= 0.6 is 0 Å². The van der Waals surface area contributed by atoms with Crippen molar-refractivity contribution in [2.24, 2.45) is 0 Å². The van der Waals surface area contributed by atoms with Crippen LogP contribution in [0.25, 0.3) is 0 Å². The largest absolute Gasteiger partial charge is 0.497 e. The normalized spacial score (nSPS) is 14.1. The Morgan fingerprint density at radius 2 is 1.74 bits per heavy atom. The van der Waals surface area contributed by atoms with Crippen molar-refractivity contribution < 1.29 is 18.5 Å². The average Bonchev–Trinajstić information content (AvgIpc) is 3.15. The van der Waals surface area contributed by atoms with Gasteiger partial charge in [0.25, 0.3) is 0 Å². The number of nitrogens with zero attached hydrogens (tertiary/aromatic N) is 3. The number of amides is 2. The summed E-state index contributed by atoms with van der Waals surface area (Å²) in [7, 11) is 5.51. The molecule has 0 radical (unpaired) electrons. The van der Waals surface area contributed by atoms with Crippen LogP contribution in [0.2, 0.25) is 0 Å². The SMILES string of the molecule is COc1cc(C)c(S(=O)N(C)CC(=O)NCC(=O)N(C)Cc2ccc3c(c2)CN(C)C3)c(C)c1. The zero-order valence-corrected chi connectivity index (χ0v) is 21.6. The number of benzene rings is 2. The second kappa shape index (κ2) is 11.1. The van der Waals surface area contributed by atoms with Crippen LogP contribution in [0.1, 0.15) is 27.8 Å². The van der Waals surface area contributed by atoms with E-state index in [1.807, 2.05) is 32.0 Å². The van der Waals surface area contributed by atoms with Gasteiger partial charge in [-0.1, -0.05) is 18.2 Å². The molecule has 0 saturated heterocycles. The van der Waals surface area contributed by atoms with Gasteiger partial charge in [-0.05, 0) is 60.8 Å². The Morgan fingerprint density at radius 3 is 2.38 bits per heavy atom. The topological polar surface area (TPSA) is 82.2 Å². The molecule has 1 N–H and O–H groups in total. The number of methoxy groups -OCH3 is 1. The first-order valence-corrected chi connectivity index (χ1v) is 12.3. The third-order valence-corrected chi connectivity index (χ3v) is 7.62. The summed E-state index contributed by atoms with van der Waals surface area (Å²) in [6, 6.07) is 9.96. The minimum absolute atomic E-state index is 0.0904. The maximum absolute atomic E-state index is 13.0. The van der Waals surface area contributed by atoms with Crippen molar-refractivity contribution in [3.05, 3.63) is 58.1 Å². The van der Waals surface area contributed by atoms with Crippen LogP contribution in [0.3, 0.4) is 0 Å². The maximum Gasteiger partial charge on any atom is 0.242 e. The first-order chi connectivity index (χ1) is 16.1. The van der Waals surface area contributed by atoms with Crippen LogP contribution in [0.4, 0.5) is 0 Å². The molecule has 1 aliphatic heterocycles. The van der Waals surface area contributed by atoms with Gasteiger partial charge in [-0.2, -0.15) is 0 Å². The van der Waals surface area contributed by atoms with Crippen molar-refractivity contribution in [3.63, 3.8) is 0 Å². The number of aryl methyl sites for hydroxylation is 2. The van der Waals surface area contributed by atoms with Gasteiger partial charge in [0.2, 0.25) is 11.8 Å². The summed E-state index contributed by atoms with van der Waals surface area (Å²) in [5.41, 5.74) is 5.35. The minimum Gasteiger partial charge on any atom is -0.497 e. The van der Waals surface area contributed by atoms with Gasteiger partial charge in [0.05, 0.1) is 25.1 Å². The molecule has 2 aromatic rings. The van der Waals surface area contributed by atoms with E-state index in [1.165, 1.54) is 15.4 Å². The highest BCUT2D eigenvalue weighted by molar-refractivity contribution is 7.82. The highest BCUT2D eigenvalue weighted by Crippen LogP contribution is 2.25. The lowest BCUT2D eigenvalue weighted by Crippen LogP contribution is -2.42. The van der Waals surface area contributed by atoms with Crippen LogP contribution in [0.15, 0.2) is 35.2 Å². The Balaban J connectivity index is 1.50. The number of carbonyl (C=O) groups excluding carboxylic acids is 2. The number of ether oxygens (including phenoxy) is 1. The summed E-state index contributed by atoms with van der Waals surface area (Å²) in [5.74, 6) is 0.157. The van der Waals surface area contributed by atoms with E-state index < -0.39 is 11.0 Å². The number of rotatable bonds is 9. The van der Waals surface area contributed by atoms with Crippen molar-refractivity contribution >= 4 is 22.8 Å². The molecule has 34 heavy (non-hydrogen) atoms. The van der Waals surface area contributed by atoms with E-state index in [2.05, 4.69) is 29.4 Å². The fraction of sp³-hybridized carbons (Fsp3) is 0.440. The second-order valence-electron chi connectivity index (χ2n) is 8.93. The fourth-order valence-electron chi connectivity index (χ4n) is 4.16. The van der Waals surface area contributed by atoms with E-state index in [0.29, 0.717) is 17.2 Å². The first-order valence-electron chi connectivity index (χ1n) is 11.2. The zero-order valence-electron chi connectivity index (χ0n) is 20.8. The number of hydrogen-bond donors (Lipinski definition) is 1. The Hall–Kier alpha value is -2.75. The highest BCUT2D eigenvalue weighted by Gasteiger charge is 2.20. The summed E-state index contributed by atoms with van der Waals surface area (Å²) >= 11 is 0. The Kier molecular flexibility index (Phi) is 8.46. The Labute approximate surface area is 204 Å². The summed E-state index contributed by atoms with van der Waals surface area (Å²) in [5, 5.41) is 2.65. The number of nitrogens with one attached hydrogen (secondary N) is 1. The smallest absolute Gasteiger partial charge is 0.242 e. The third kappa shape index (κ3) is 6.22. The van der Waals surface area contributed by atoms with Gasteiger partial charge in [-0.3, -0.25) is 14.5 Å². The molecule has 0 aromatic heterocycles. The zero-order chi connectivity index (χ0) is 25.0. The summed E-state index contributed by atoms with van der Waals surface area (Å²) in [6.07, 6.45) is 0. The van der Waals surface area contributed by atoms with Gasteiger partial charge >= 0.3 is 0 Å². The monoisotopic (exact) mass is 486 g/mol. The molecule has 1 atom stereocenters. The molecular weight excluding hydrogens is 452 g/mol. The van der Waals surface area contributed by atoms with Crippen molar-refractivity contribution in [3.8, 4) is 5.75 Å². The standard InChI is InChI=1S/C25H34N4O4S/c1-17-9-22(33-6)10-18(2)25(17)34(32)29(5)16-23(30)26-12-24(31)28(4)13-19-7-8-20-14-27(3)15-21(20)11-19/h7-11H,12-16H2,1-6H3,(H,26,30). The molecule has 0 fully saturated rings. The molecule has 8 nitrogen and oxygen atoms in total. The van der Waals surface area contributed by atoms with Gasteiger partial charge < -0.3 is 15.0 Å². The Bertz CT molecular complexity index is 1080. The highest BCUT2D eigenvalue weighted by atomic mass is 32.2. The van der Waals surface area contributed by atoms with Crippen molar-refractivity contribution in [1.82, 2.24) is 19.4 Å². The Morgan fingerprint density at radius 1 is 1.09 bits per heavy atom. The lowest BCUT2D eigenvalue weighted by atomic mass is 10.1. The van der Waals surface area contributed by atoms with Gasteiger partial charge in [-0.15, -0.1) is 0 Å². The number of hydrogen-bond acceptors (Lipinski definition) is 5. The van der Waals surface area contributed by atoms with Crippen LogP contribution in [-0.4, -0.2) is 71.5 Å². The summed E-state index contributed by atoms with van der Waals surface area (Å²) in [6.45, 7) is 5.88. The number of likely N-dealkylation sites (N-methyl/N-ethyl adjacent to an activating group) is 2. The number of carbonyl (C=O) groups is 2. The predicted octanol–water partition coefficient (Wildman–Crippen LogP) is 1.99. The molecule has 0 bridgehead atoms. The lowest BCUT2D eigenvalue weighted by molar-refractivity contribution is -0.132. The molecule has 0 aliphatic carbocycles. The van der Waals surface area contributed by atoms with Crippen LogP contribution in [-0.2, 0) is 40.2 Å². The van der Waals surface area contributed by atoms with Crippen molar-refractivity contribution in [2.75, 3.05) is 41.3 Å². The molecule has 184 valence electrons. The molecular formula is C25H34N4O4S. The summed E-state index contributed by atoms with van der Waals surface area (Å²) in [4.78, 5) is 29.5. The van der Waals surface area contributed by atoms with Crippen molar-refractivity contribution in [1.29, 1.82) is 0 Å². The maximum atomic E-state index is 13.0. The van der Waals surface area contributed by atoms with E-state index >= 15 is 0 Å². The molecule has 9 heteroatoms. The summed E-state index contributed by atoms with van der Waals surface area (Å²) < 4.78 is 19.7. The molecule has 2 amide bonds. The predicted molar refractivity (Wildman–Crippen MR) is 133 cm³/mol. The van der Waals surface area contributed by atoms with Crippen LogP contribution in [0, 0.1) is 13.8 Å². The van der Waals surface area contributed by atoms with E-state index in [0.717, 1.165) is 29.8 Å². The van der Waals surface area contributed by atoms with Crippen molar-refractivity contribution in [2.45, 2.75) is 38.4 Å². The van der Waals surface area contributed by atoms with Gasteiger partial charge in [0.15, 0.2) is 0 Å². The van der Waals surface area contributed by atoms with Gasteiger partial charge in [0, 0.05) is 33.7 Å². The van der Waals surface area contributed by atoms with Crippen LogP contribution < -0.4 is 10.1 Å².